The van der Waals surface area contributed by atoms with Crippen LogP contribution in [0.1, 0.15) is 22.7 Å². The van der Waals surface area contributed by atoms with Crippen LogP contribution in [-0.2, 0) is 0 Å². The first kappa shape index (κ1) is 13.0. The summed E-state index contributed by atoms with van der Waals surface area (Å²) >= 11 is 0. The fourth-order valence-electron chi connectivity index (χ4n) is 1.32. The van der Waals surface area contributed by atoms with Gasteiger partial charge in [-0.3, -0.25) is 0 Å². The SMILES string of the molecule is C=C[C@@H](N)c1cc(C)c(O)c(C)c1.Cl. The summed E-state index contributed by atoms with van der Waals surface area (Å²) in [5, 5.41) is 9.52. The normalized spacial score (nSPS) is 11.6. The van der Waals surface area contributed by atoms with Gasteiger partial charge in [0.2, 0.25) is 0 Å². The van der Waals surface area contributed by atoms with Crippen molar-refractivity contribution in [2.75, 3.05) is 0 Å². The number of hydrogen-bond donors (Lipinski definition) is 2. The Kier molecular flexibility index (Phi) is 4.68. The maximum atomic E-state index is 9.52. The van der Waals surface area contributed by atoms with Crippen molar-refractivity contribution in [3.05, 3.63) is 41.5 Å². The molecule has 2 nitrogen and oxygen atoms in total. The maximum Gasteiger partial charge on any atom is 0.121 e. The molecule has 0 unspecified atom stereocenters. The lowest BCUT2D eigenvalue weighted by atomic mass is 10.0. The van der Waals surface area contributed by atoms with Gasteiger partial charge in [-0.15, -0.1) is 19.0 Å². The molecule has 3 N–H and O–H groups in total. The minimum Gasteiger partial charge on any atom is -0.507 e. The van der Waals surface area contributed by atoms with E-state index < -0.39 is 0 Å². The fourth-order valence-corrected chi connectivity index (χ4v) is 1.32. The Morgan fingerprint density at radius 3 is 2.14 bits per heavy atom. The highest BCUT2D eigenvalue weighted by atomic mass is 35.5. The third kappa shape index (κ3) is 2.50. The van der Waals surface area contributed by atoms with Crippen LogP contribution < -0.4 is 5.73 Å². The number of phenolic OH excluding ortho intramolecular Hbond substituents is 1. The first-order valence-corrected chi connectivity index (χ1v) is 4.24. The second kappa shape index (κ2) is 5.03. The van der Waals surface area contributed by atoms with E-state index in [2.05, 4.69) is 6.58 Å². The van der Waals surface area contributed by atoms with Crippen LogP contribution in [0.5, 0.6) is 5.75 Å². The predicted octanol–water partition coefficient (Wildman–Crippen LogP) is 2.62. The van der Waals surface area contributed by atoms with Crippen molar-refractivity contribution in [1.29, 1.82) is 0 Å². The molecule has 0 aliphatic rings. The Labute approximate surface area is 90.9 Å². The Hall–Kier alpha value is -0.990. The van der Waals surface area contributed by atoms with Crippen LogP contribution in [-0.4, -0.2) is 5.11 Å². The van der Waals surface area contributed by atoms with E-state index in [1.165, 1.54) is 0 Å². The Morgan fingerprint density at radius 2 is 1.79 bits per heavy atom. The lowest BCUT2D eigenvalue weighted by Gasteiger charge is -2.10. The zero-order chi connectivity index (χ0) is 10.0. The molecule has 0 aliphatic carbocycles. The smallest absolute Gasteiger partial charge is 0.121 e. The first-order chi connectivity index (χ1) is 6.06. The standard InChI is InChI=1S/C11H15NO.ClH/c1-4-10(12)9-5-7(2)11(13)8(3)6-9;/h4-6,10,13H,1,12H2,2-3H3;1H/t10-;/m1./s1. The van der Waals surface area contributed by atoms with Crippen LogP contribution >= 0.6 is 12.4 Å². The van der Waals surface area contributed by atoms with E-state index in [-0.39, 0.29) is 18.4 Å². The summed E-state index contributed by atoms with van der Waals surface area (Å²) < 4.78 is 0. The maximum absolute atomic E-state index is 9.52. The first-order valence-electron chi connectivity index (χ1n) is 4.24. The number of halogens is 1. The zero-order valence-corrected chi connectivity index (χ0v) is 9.27. The van der Waals surface area contributed by atoms with Crippen molar-refractivity contribution in [1.82, 2.24) is 0 Å². The van der Waals surface area contributed by atoms with Crippen molar-refractivity contribution >= 4 is 12.4 Å². The Morgan fingerprint density at radius 1 is 1.36 bits per heavy atom. The van der Waals surface area contributed by atoms with Gasteiger partial charge in [-0.2, -0.15) is 0 Å². The molecule has 0 spiro atoms. The quantitative estimate of drug-likeness (QED) is 0.742. The largest absolute Gasteiger partial charge is 0.507 e. The van der Waals surface area contributed by atoms with Gasteiger partial charge in [0.1, 0.15) is 5.75 Å². The van der Waals surface area contributed by atoms with E-state index in [1.807, 2.05) is 26.0 Å². The summed E-state index contributed by atoms with van der Waals surface area (Å²) in [5.74, 6) is 0.347. The van der Waals surface area contributed by atoms with Gasteiger partial charge in [0.15, 0.2) is 0 Å². The summed E-state index contributed by atoms with van der Waals surface area (Å²) in [6, 6.07) is 3.61. The summed E-state index contributed by atoms with van der Waals surface area (Å²) in [7, 11) is 0. The molecule has 0 saturated heterocycles. The van der Waals surface area contributed by atoms with Gasteiger partial charge in [-0.1, -0.05) is 18.2 Å². The summed E-state index contributed by atoms with van der Waals surface area (Å²) in [6.45, 7) is 7.36. The molecule has 0 heterocycles. The molecular formula is C11H16ClNO. The molecule has 0 bridgehead atoms. The number of hydrogen-bond acceptors (Lipinski definition) is 2. The van der Waals surface area contributed by atoms with E-state index in [0.29, 0.717) is 5.75 Å². The third-order valence-electron chi connectivity index (χ3n) is 2.15. The van der Waals surface area contributed by atoms with E-state index in [9.17, 15) is 5.11 Å². The third-order valence-corrected chi connectivity index (χ3v) is 2.15. The van der Waals surface area contributed by atoms with Crippen LogP contribution in [0, 0.1) is 13.8 Å². The molecule has 78 valence electrons. The number of benzene rings is 1. The number of phenols is 1. The topological polar surface area (TPSA) is 46.2 Å². The van der Waals surface area contributed by atoms with Gasteiger partial charge in [0.25, 0.3) is 0 Å². The van der Waals surface area contributed by atoms with E-state index in [4.69, 9.17) is 5.73 Å². The van der Waals surface area contributed by atoms with Crippen LogP contribution in [0.15, 0.2) is 24.8 Å². The molecule has 0 fully saturated rings. The molecule has 1 rings (SSSR count). The van der Waals surface area contributed by atoms with Crippen molar-refractivity contribution in [2.24, 2.45) is 5.73 Å². The Balaban J connectivity index is 0.00000169. The number of aromatic hydroxyl groups is 1. The lowest BCUT2D eigenvalue weighted by Crippen LogP contribution is -2.06. The second-order valence-electron chi connectivity index (χ2n) is 3.26. The van der Waals surface area contributed by atoms with Gasteiger partial charge >= 0.3 is 0 Å². The second-order valence-corrected chi connectivity index (χ2v) is 3.26. The van der Waals surface area contributed by atoms with E-state index in [0.717, 1.165) is 16.7 Å². The molecular weight excluding hydrogens is 198 g/mol. The zero-order valence-electron chi connectivity index (χ0n) is 8.45. The van der Waals surface area contributed by atoms with Crippen molar-refractivity contribution in [3.63, 3.8) is 0 Å². The summed E-state index contributed by atoms with van der Waals surface area (Å²) in [4.78, 5) is 0. The molecule has 0 aliphatic heterocycles. The average Bonchev–Trinajstić information content (AvgIpc) is 2.12. The van der Waals surface area contributed by atoms with Crippen molar-refractivity contribution in [2.45, 2.75) is 19.9 Å². The number of nitrogens with two attached hydrogens (primary N) is 1. The van der Waals surface area contributed by atoms with E-state index >= 15 is 0 Å². The molecule has 14 heavy (non-hydrogen) atoms. The van der Waals surface area contributed by atoms with Crippen LogP contribution in [0.4, 0.5) is 0 Å². The summed E-state index contributed by atoms with van der Waals surface area (Å²) in [5.41, 5.74) is 8.48. The molecule has 0 saturated carbocycles. The molecule has 0 aromatic heterocycles. The van der Waals surface area contributed by atoms with Crippen LogP contribution in [0.3, 0.4) is 0 Å². The lowest BCUT2D eigenvalue weighted by molar-refractivity contribution is 0.466. The Bertz CT molecular complexity index is 313. The molecule has 0 radical (unpaired) electrons. The van der Waals surface area contributed by atoms with E-state index in [1.54, 1.807) is 6.08 Å². The minimum absolute atomic E-state index is 0. The molecule has 0 amide bonds. The van der Waals surface area contributed by atoms with Gasteiger partial charge in [-0.25, -0.2) is 0 Å². The number of aryl methyl sites for hydroxylation is 2. The highest BCUT2D eigenvalue weighted by Gasteiger charge is 2.06. The molecule has 1 aromatic rings. The molecule has 1 aromatic carbocycles. The highest BCUT2D eigenvalue weighted by molar-refractivity contribution is 5.85. The fraction of sp³-hybridized carbons (Fsp3) is 0.273. The van der Waals surface area contributed by atoms with Crippen LogP contribution in [0.25, 0.3) is 0 Å². The van der Waals surface area contributed by atoms with Gasteiger partial charge < -0.3 is 10.8 Å². The van der Waals surface area contributed by atoms with Gasteiger partial charge in [0, 0.05) is 6.04 Å². The van der Waals surface area contributed by atoms with Crippen molar-refractivity contribution < 1.29 is 5.11 Å². The average molecular weight is 214 g/mol. The monoisotopic (exact) mass is 213 g/mol. The van der Waals surface area contributed by atoms with Gasteiger partial charge in [0.05, 0.1) is 0 Å². The molecule has 3 heteroatoms. The minimum atomic E-state index is -0.155. The summed E-state index contributed by atoms with van der Waals surface area (Å²) in [6.07, 6.45) is 1.69. The molecule has 1 atom stereocenters. The van der Waals surface area contributed by atoms with Crippen molar-refractivity contribution in [3.8, 4) is 5.75 Å². The van der Waals surface area contributed by atoms with Crippen LogP contribution in [0.2, 0.25) is 0 Å². The predicted molar refractivity (Wildman–Crippen MR) is 62.0 cm³/mol. The highest BCUT2D eigenvalue weighted by Crippen LogP contribution is 2.25. The number of rotatable bonds is 2. The van der Waals surface area contributed by atoms with Gasteiger partial charge in [-0.05, 0) is 30.5 Å².